The molecule has 3 heterocycles. The normalized spacial score (nSPS) is 11.3. The number of aryl methyl sites for hydroxylation is 3. The zero-order valence-electron chi connectivity index (χ0n) is 13.7. The second kappa shape index (κ2) is 5.45. The first kappa shape index (κ1) is 14.9. The van der Waals surface area contributed by atoms with E-state index >= 15 is 0 Å². The van der Waals surface area contributed by atoms with Crippen molar-refractivity contribution < 1.29 is 13.7 Å². The number of methoxy groups -OCH3 is 1. The summed E-state index contributed by atoms with van der Waals surface area (Å²) in [6, 6.07) is 5.68. The molecular formula is C17H15N3O3S. The molecule has 0 aliphatic carbocycles. The van der Waals surface area contributed by atoms with Crippen LogP contribution >= 0.6 is 11.3 Å². The molecule has 0 saturated heterocycles. The topological polar surface area (TPSA) is 74.2 Å². The number of hydrogen-bond donors (Lipinski definition) is 0. The zero-order chi connectivity index (χ0) is 16.8. The minimum atomic E-state index is 0.433. The second-order valence-electron chi connectivity index (χ2n) is 5.49. The number of thiazole rings is 1. The molecular weight excluding hydrogens is 326 g/mol. The van der Waals surface area contributed by atoms with Crippen molar-refractivity contribution in [1.29, 1.82) is 0 Å². The molecule has 0 atom stereocenters. The third kappa shape index (κ3) is 2.28. The molecule has 0 fully saturated rings. The van der Waals surface area contributed by atoms with E-state index in [1.807, 2.05) is 39.0 Å². The van der Waals surface area contributed by atoms with Crippen LogP contribution in [0.4, 0.5) is 0 Å². The standard InChI is InChI=1S/C17H15N3O3S/c1-8-12-7-11(21-4)5-6-13(12)22-14(8)16-19-17(23-20-16)15-9(2)18-10(3)24-15/h5-7H,1-4H3. The van der Waals surface area contributed by atoms with Crippen molar-refractivity contribution in [3.05, 3.63) is 34.5 Å². The maximum atomic E-state index is 5.92. The quantitative estimate of drug-likeness (QED) is 0.544. The number of fused-ring (bicyclic) bond motifs is 1. The molecule has 0 aliphatic rings. The molecule has 4 rings (SSSR count). The summed E-state index contributed by atoms with van der Waals surface area (Å²) in [6.07, 6.45) is 0. The van der Waals surface area contributed by atoms with Gasteiger partial charge in [-0.05, 0) is 39.0 Å². The summed E-state index contributed by atoms with van der Waals surface area (Å²) in [7, 11) is 1.64. The smallest absolute Gasteiger partial charge is 0.270 e. The van der Waals surface area contributed by atoms with Gasteiger partial charge in [-0.3, -0.25) is 0 Å². The van der Waals surface area contributed by atoms with Crippen LogP contribution < -0.4 is 4.74 Å². The van der Waals surface area contributed by atoms with Crippen LogP contribution in [0.25, 0.3) is 33.3 Å². The van der Waals surface area contributed by atoms with Gasteiger partial charge in [0.25, 0.3) is 5.89 Å². The van der Waals surface area contributed by atoms with Gasteiger partial charge in [0.15, 0.2) is 5.76 Å². The summed E-state index contributed by atoms with van der Waals surface area (Å²) in [5.41, 5.74) is 2.60. The Kier molecular flexibility index (Phi) is 3.38. The Morgan fingerprint density at radius 3 is 2.67 bits per heavy atom. The molecule has 0 bridgehead atoms. The van der Waals surface area contributed by atoms with E-state index in [4.69, 9.17) is 13.7 Å². The lowest BCUT2D eigenvalue weighted by Gasteiger charge is -1.97. The van der Waals surface area contributed by atoms with Crippen LogP contribution in [-0.2, 0) is 0 Å². The Morgan fingerprint density at radius 1 is 1.12 bits per heavy atom. The Morgan fingerprint density at radius 2 is 1.96 bits per heavy atom. The van der Waals surface area contributed by atoms with Crippen LogP contribution in [0, 0.1) is 20.8 Å². The van der Waals surface area contributed by atoms with Crippen LogP contribution in [0.3, 0.4) is 0 Å². The van der Waals surface area contributed by atoms with Crippen LogP contribution in [0.5, 0.6) is 5.75 Å². The maximum absolute atomic E-state index is 5.92. The molecule has 4 aromatic rings. The fourth-order valence-electron chi connectivity index (χ4n) is 2.68. The average molecular weight is 341 g/mol. The number of aromatic nitrogens is 3. The van der Waals surface area contributed by atoms with Gasteiger partial charge < -0.3 is 13.7 Å². The Labute approximate surface area is 142 Å². The first-order chi connectivity index (χ1) is 11.6. The van der Waals surface area contributed by atoms with Gasteiger partial charge in [0, 0.05) is 10.9 Å². The summed E-state index contributed by atoms with van der Waals surface area (Å²) in [6.45, 7) is 5.86. The lowest BCUT2D eigenvalue weighted by molar-refractivity contribution is 0.415. The highest BCUT2D eigenvalue weighted by Gasteiger charge is 2.21. The third-order valence-corrected chi connectivity index (χ3v) is 4.93. The van der Waals surface area contributed by atoms with Crippen LogP contribution in [0.15, 0.2) is 27.1 Å². The van der Waals surface area contributed by atoms with Gasteiger partial charge in [-0.15, -0.1) is 11.3 Å². The minimum Gasteiger partial charge on any atom is -0.497 e. The van der Waals surface area contributed by atoms with Gasteiger partial charge in [0.05, 0.1) is 17.8 Å². The first-order valence-corrected chi connectivity index (χ1v) is 8.24. The van der Waals surface area contributed by atoms with Crippen molar-refractivity contribution in [2.75, 3.05) is 7.11 Å². The SMILES string of the molecule is COc1ccc2oc(-c3noc(-c4sc(C)nc4C)n3)c(C)c2c1. The van der Waals surface area contributed by atoms with Crippen molar-refractivity contribution in [2.24, 2.45) is 0 Å². The molecule has 0 saturated carbocycles. The van der Waals surface area contributed by atoms with E-state index in [0.717, 1.165) is 37.9 Å². The highest BCUT2D eigenvalue weighted by molar-refractivity contribution is 7.15. The largest absolute Gasteiger partial charge is 0.497 e. The number of furan rings is 1. The number of hydrogen-bond acceptors (Lipinski definition) is 7. The molecule has 7 heteroatoms. The van der Waals surface area contributed by atoms with Gasteiger partial charge in [-0.1, -0.05) is 5.16 Å². The number of ether oxygens (including phenoxy) is 1. The predicted octanol–water partition coefficient (Wildman–Crippen LogP) is 4.54. The number of nitrogens with zero attached hydrogens (tertiary/aromatic N) is 3. The molecule has 0 aliphatic heterocycles. The average Bonchev–Trinajstić information content (AvgIpc) is 3.25. The molecule has 1 aromatic carbocycles. The Bertz CT molecular complexity index is 1040. The van der Waals surface area contributed by atoms with Crippen molar-refractivity contribution >= 4 is 22.3 Å². The van der Waals surface area contributed by atoms with E-state index in [1.54, 1.807) is 7.11 Å². The van der Waals surface area contributed by atoms with Gasteiger partial charge in [-0.2, -0.15) is 4.98 Å². The summed E-state index contributed by atoms with van der Waals surface area (Å²) in [4.78, 5) is 9.78. The lowest BCUT2D eigenvalue weighted by atomic mass is 10.1. The van der Waals surface area contributed by atoms with Crippen LogP contribution in [-0.4, -0.2) is 22.2 Å². The van der Waals surface area contributed by atoms with E-state index in [9.17, 15) is 0 Å². The molecule has 0 amide bonds. The molecule has 3 aromatic heterocycles. The molecule has 122 valence electrons. The van der Waals surface area contributed by atoms with E-state index < -0.39 is 0 Å². The fourth-order valence-corrected chi connectivity index (χ4v) is 3.52. The molecule has 0 spiro atoms. The summed E-state index contributed by atoms with van der Waals surface area (Å²) < 4.78 is 16.6. The molecule has 0 radical (unpaired) electrons. The Balaban J connectivity index is 1.81. The van der Waals surface area contributed by atoms with Crippen molar-refractivity contribution in [3.63, 3.8) is 0 Å². The first-order valence-electron chi connectivity index (χ1n) is 7.42. The van der Waals surface area contributed by atoms with Crippen LogP contribution in [0.1, 0.15) is 16.3 Å². The molecule has 0 unspecified atom stereocenters. The molecule has 0 N–H and O–H groups in total. The predicted molar refractivity (Wildman–Crippen MR) is 91.4 cm³/mol. The monoisotopic (exact) mass is 341 g/mol. The zero-order valence-corrected chi connectivity index (χ0v) is 14.5. The van der Waals surface area contributed by atoms with Crippen molar-refractivity contribution in [2.45, 2.75) is 20.8 Å². The molecule has 24 heavy (non-hydrogen) atoms. The van der Waals surface area contributed by atoms with Crippen molar-refractivity contribution in [1.82, 2.24) is 15.1 Å². The van der Waals surface area contributed by atoms with E-state index in [-0.39, 0.29) is 0 Å². The lowest BCUT2D eigenvalue weighted by Crippen LogP contribution is -1.82. The highest BCUT2D eigenvalue weighted by atomic mass is 32.1. The third-order valence-electron chi connectivity index (χ3n) is 3.87. The van der Waals surface area contributed by atoms with E-state index in [1.165, 1.54) is 11.3 Å². The summed E-state index contributed by atoms with van der Waals surface area (Å²) >= 11 is 1.54. The number of benzene rings is 1. The highest BCUT2D eigenvalue weighted by Crippen LogP contribution is 2.35. The van der Waals surface area contributed by atoms with Gasteiger partial charge in [0.2, 0.25) is 5.82 Å². The number of rotatable bonds is 3. The Hall–Kier alpha value is -2.67. The van der Waals surface area contributed by atoms with Crippen LogP contribution in [0.2, 0.25) is 0 Å². The second-order valence-corrected chi connectivity index (χ2v) is 6.69. The van der Waals surface area contributed by atoms with Gasteiger partial charge in [0.1, 0.15) is 16.2 Å². The summed E-state index contributed by atoms with van der Waals surface area (Å²) in [5.74, 6) is 2.28. The fraction of sp³-hybridized carbons (Fsp3) is 0.235. The van der Waals surface area contributed by atoms with E-state index in [2.05, 4.69) is 15.1 Å². The summed E-state index contributed by atoms with van der Waals surface area (Å²) in [5, 5.41) is 6.02. The maximum Gasteiger partial charge on any atom is 0.270 e. The van der Waals surface area contributed by atoms with Gasteiger partial charge in [-0.25, -0.2) is 4.98 Å². The van der Waals surface area contributed by atoms with E-state index in [0.29, 0.717) is 17.5 Å². The van der Waals surface area contributed by atoms with Gasteiger partial charge >= 0.3 is 0 Å². The minimum absolute atomic E-state index is 0.433. The van der Waals surface area contributed by atoms with Crippen molar-refractivity contribution in [3.8, 4) is 28.1 Å². The molecule has 6 nitrogen and oxygen atoms in total.